The lowest BCUT2D eigenvalue weighted by molar-refractivity contribution is -0.0292. The van der Waals surface area contributed by atoms with Crippen molar-refractivity contribution < 1.29 is 0 Å². The third kappa shape index (κ3) is 2.96. The van der Waals surface area contributed by atoms with Crippen LogP contribution in [0.1, 0.15) is 56.2 Å². The van der Waals surface area contributed by atoms with Gasteiger partial charge in [0.05, 0.1) is 0 Å². The van der Waals surface area contributed by atoms with E-state index in [1.54, 1.807) is 0 Å². The SMILES string of the molecule is C=C(CCc1ccc(C)cc1)C1=CCC2(C)C1C(=C)C2(C)C(C)c1ccccc1. The van der Waals surface area contributed by atoms with Crippen LogP contribution < -0.4 is 0 Å². The molecule has 0 radical (unpaired) electrons. The third-order valence-corrected chi connectivity index (χ3v) is 8.31. The van der Waals surface area contributed by atoms with E-state index in [9.17, 15) is 0 Å². The highest BCUT2D eigenvalue weighted by molar-refractivity contribution is 5.53. The van der Waals surface area contributed by atoms with Crippen LogP contribution in [-0.2, 0) is 6.42 Å². The van der Waals surface area contributed by atoms with E-state index in [0.29, 0.717) is 11.8 Å². The quantitative estimate of drug-likeness (QED) is 0.447. The second-order valence-electron chi connectivity index (χ2n) is 9.66. The standard InChI is InChI=1S/C29H34/c1-20-12-15-24(16-13-20)17-14-21(2)26-18-19-28(5)27(26)23(4)29(28,6)22(3)25-10-8-7-9-11-25/h7-13,15-16,18,22,27H,2,4,14,17,19H2,1,3,5-6H3. The van der Waals surface area contributed by atoms with Crippen LogP contribution in [0.2, 0.25) is 0 Å². The first kappa shape index (κ1) is 20.0. The van der Waals surface area contributed by atoms with Gasteiger partial charge in [0, 0.05) is 11.3 Å². The molecule has 0 aliphatic heterocycles. The molecule has 1 saturated carbocycles. The summed E-state index contributed by atoms with van der Waals surface area (Å²) in [5.41, 5.74) is 8.65. The molecule has 4 rings (SSSR count). The molecule has 29 heavy (non-hydrogen) atoms. The van der Waals surface area contributed by atoms with E-state index in [4.69, 9.17) is 0 Å². The van der Waals surface area contributed by atoms with Gasteiger partial charge < -0.3 is 0 Å². The van der Waals surface area contributed by atoms with Crippen LogP contribution in [0.4, 0.5) is 0 Å². The second-order valence-corrected chi connectivity index (χ2v) is 9.66. The first-order valence-electron chi connectivity index (χ1n) is 11.0. The van der Waals surface area contributed by atoms with Crippen molar-refractivity contribution in [2.45, 2.75) is 52.9 Å². The van der Waals surface area contributed by atoms with E-state index in [1.165, 1.54) is 33.4 Å². The lowest BCUT2D eigenvalue weighted by Crippen LogP contribution is -2.57. The summed E-state index contributed by atoms with van der Waals surface area (Å²) >= 11 is 0. The Bertz CT molecular complexity index is 959. The Morgan fingerprint density at radius 3 is 2.38 bits per heavy atom. The van der Waals surface area contributed by atoms with E-state index < -0.39 is 0 Å². The Kier molecular flexibility index (Phi) is 4.93. The van der Waals surface area contributed by atoms with Gasteiger partial charge in [-0.3, -0.25) is 0 Å². The molecule has 150 valence electrons. The molecule has 2 aliphatic rings. The highest BCUT2D eigenvalue weighted by atomic mass is 14.7. The van der Waals surface area contributed by atoms with Crippen molar-refractivity contribution in [3.05, 3.63) is 107 Å². The number of hydrogen-bond acceptors (Lipinski definition) is 0. The second kappa shape index (κ2) is 7.17. The minimum atomic E-state index is 0.120. The molecule has 2 aromatic rings. The molecule has 4 atom stereocenters. The van der Waals surface area contributed by atoms with E-state index in [-0.39, 0.29) is 10.8 Å². The van der Waals surface area contributed by atoms with Gasteiger partial charge in [0.25, 0.3) is 0 Å². The summed E-state index contributed by atoms with van der Waals surface area (Å²) in [6, 6.07) is 19.8. The van der Waals surface area contributed by atoms with Gasteiger partial charge in [-0.25, -0.2) is 0 Å². The lowest BCUT2D eigenvalue weighted by Gasteiger charge is -2.65. The number of fused-ring (bicyclic) bond motifs is 1. The molecule has 0 nitrogen and oxygen atoms in total. The molecular weight excluding hydrogens is 348 g/mol. The first-order valence-corrected chi connectivity index (χ1v) is 11.0. The zero-order valence-corrected chi connectivity index (χ0v) is 18.5. The third-order valence-electron chi connectivity index (χ3n) is 8.31. The van der Waals surface area contributed by atoms with Crippen molar-refractivity contribution in [3.8, 4) is 0 Å². The average molecular weight is 383 g/mol. The Labute approximate surface area is 177 Å². The van der Waals surface area contributed by atoms with E-state index in [2.05, 4.69) is 102 Å². The predicted molar refractivity (Wildman–Crippen MR) is 125 cm³/mol. The number of aryl methyl sites for hydroxylation is 2. The smallest absolute Gasteiger partial charge is 0.0116 e. The predicted octanol–water partition coefficient (Wildman–Crippen LogP) is 7.82. The Morgan fingerprint density at radius 2 is 1.72 bits per heavy atom. The fraction of sp³-hybridized carbons (Fsp3) is 0.379. The van der Waals surface area contributed by atoms with Crippen molar-refractivity contribution >= 4 is 0 Å². The largest absolute Gasteiger partial charge is 0.0986 e. The van der Waals surface area contributed by atoms with Crippen LogP contribution in [-0.4, -0.2) is 0 Å². The molecule has 1 fully saturated rings. The average Bonchev–Trinajstić information content (AvgIpc) is 3.08. The minimum absolute atomic E-state index is 0.120. The fourth-order valence-electron chi connectivity index (χ4n) is 5.96. The number of rotatable bonds is 6. The van der Waals surface area contributed by atoms with Crippen LogP contribution in [0, 0.1) is 23.7 Å². The van der Waals surface area contributed by atoms with Gasteiger partial charge in [0.1, 0.15) is 0 Å². The summed E-state index contributed by atoms with van der Waals surface area (Å²) in [6.07, 6.45) is 5.68. The monoisotopic (exact) mass is 382 g/mol. The Hall–Kier alpha value is -2.34. The summed E-state index contributed by atoms with van der Waals surface area (Å²) in [5, 5.41) is 0. The van der Waals surface area contributed by atoms with E-state index >= 15 is 0 Å². The molecule has 0 spiro atoms. The Morgan fingerprint density at radius 1 is 1.07 bits per heavy atom. The van der Waals surface area contributed by atoms with Gasteiger partial charge >= 0.3 is 0 Å². The molecule has 0 N–H and O–H groups in total. The van der Waals surface area contributed by atoms with Gasteiger partial charge in [0.2, 0.25) is 0 Å². The molecule has 0 bridgehead atoms. The fourth-order valence-corrected chi connectivity index (χ4v) is 5.96. The molecule has 0 saturated heterocycles. The molecule has 2 aliphatic carbocycles. The van der Waals surface area contributed by atoms with E-state index in [0.717, 1.165) is 19.3 Å². The summed E-state index contributed by atoms with van der Waals surface area (Å²) in [4.78, 5) is 0. The van der Waals surface area contributed by atoms with Crippen LogP contribution in [0.3, 0.4) is 0 Å². The lowest BCUT2D eigenvalue weighted by atomic mass is 9.38. The number of allylic oxidation sites excluding steroid dienone is 4. The van der Waals surface area contributed by atoms with Gasteiger partial charge in [0.15, 0.2) is 0 Å². The van der Waals surface area contributed by atoms with Crippen molar-refractivity contribution in [3.63, 3.8) is 0 Å². The van der Waals surface area contributed by atoms with Crippen LogP contribution >= 0.6 is 0 Å². The van der Waals surface area contributed by atoms with Crippen molar-refractivity contribution in [2.24, 2.45) is 16.7 Å². The molecule has 0 amide bonds. The Balaban J connectivity index is 1.49. The molecule has 0 heteroatoms. The molecule has 0 heterocycles. The van der Waals surface area contributed by atoms with Crippen molar-refractivity contribution in [2.75, 3.05) is 0 Å². The highest BCUT2D eigenvalue weighted by Gasteiger charge is 2.66. The maximum atomic E-state index is 4.63. The maximum absolute atomic E-state index is 4.63. The molecule has 2 aromatic carbocycles. The molecule has 0 aromatic heterocycles. The van der Waals surface area contributed by atoms with Crippen LogP contribution in [0.15, 0.2) is 90.6 Å². The van der Waals surface area contributed by atoms with Crippen LogP contribution in [0.5, 0.6) is 0 Å². The van der Waals surface area contributed by atoms with Gasteiger partial charge in [-0.05, 0) is 54.2 Å². The summed E-state index contributed by atoms with van der Waals surface area (Å²) in [7, 11) is 0. The number of benzene rings is 2. The van der Waals surface area contributed by atoms with E-state index in [1.807, 2.05) is 0 Å². The highest BCUT2D eigenvalue weighted by Crippen LogP contribution is 2.75. The first-order chi connectivity index (χ1) is 13.8. The summed E-state index contributed by atoms with van der Waals surface area (Å²) < 4.78 is 0. The zero-order valence-electron chi connectivity index (χ0n) is 18.5. The maximum Gasteiger partial charge on any atom is 0.0116 e. The number of hydrogen-bond donors (Lipinski definition) is 0. The minimum Gasteiger partial charge on any atom is -0.0986 e. The van der Waals surface area contributed by atoms with Crippen molar-refractivity contribution in [1.29, 1.82) is 0 Å². The normalized spacial score (nSPS) is 29.0. The molecule has 4 unspecified atom stereocenters. The van der Waals surface area contributed by atoms with Gasteiger partial charge in [-0.2, -0.15) is 0 Å². The van der Waals surface area contributed by atoms with Gasteiger partial charge in [-0.1, -0.05) is 111 Å². The van der Waals surface area contributed by atoms with Gasteiger partial charge in [-0.15, -0.1) is 0 Å². The summed E-state index contributed by atoms with van der Waals surface area (Å²) in [6.45, 7) is 18.6. The van der Waals surface area contributed by atoms with Crippen molar-refractivity contribution in [1.82, 2.24) is 0 Å². The molecular formula is C29H34. The zero-order chi connectivity index (χ0) is 20.8. The van der Waals surface area contributed by atoms with Crippen LogP contribution in [0.25, 0.3) is 0 Å². The topological polar surface area (TPSA) is 0 Å². The summed E-state index contributed by atoms with van der Waals surface area (Å²) in [5.74, 6) is 0.926.